The molecule has 3 heterocycles. The SMILES string of the molecule is N#Cc1cccnc1N1CCN(c2nc(C3CC3)c(F)c(=O)[nH]2)CC1. The van der Waals surface area contributed by atoms with Gasteiger partial charge < -0.3 is 9.80 Å². The third-order valence-electron chi connectivity index (χ3n) is 4.63. The topological polar surface area (TPSA) is 88.9 Å². The fourth-order valence-corrected chi connectivity index (χ4v) is 3.11. The van der Waals surface area contributed by atoms with Gasteiger partial charge in [0.1, 0.15) is 11.9 Å². The van der Waals surface area contributed by atoms with E-state index in [4.69, 9.17) is 0 Å². The number of hydrogen-bond acceptors (Lipinski definition) is 6. The molecular weight excluding hydrogens is 323 g/mol. The van der Waals surface area contributed by atoms with E-state index in [0.29, 0.717) is 43.5 Å². The molecular formula is C17H17FN6O. The van der Waals surface area contributed by atoms with Crippen molar-refractivity contribution in [3.05, 3.63) is 45.8 Å². The highest BCUT2D eigenvalue weighted by molar-refractivity contribution is 5.54. The maximum atomic E-state index is 13.9. The van der Waals surface area contributed by atoms with Crippen LogP contribution in [0.25, 0.3) is 0 Å². The molecule has 128 valence electrons. The van der Waals surface area contributed by atoms with E-state index in [2.05, 4.69) is 21.0 Å². The highest BCUT2D eigenvalue weighted by Crippen LogP contribution is 2.39. The summed E-state index contributed by atoms with van der Waals surface area (Å²) in [6.45, 7) is 2.51. The average Bonchev–Trinajstić information content (AvgIpc) is 3.49. The van der Waals surface area contributed by atoms with Crippen LogP contribution >= 0.6 is 0 Å². The van der Waals surface area contributed by atoms with Gasteiger partial charge in [-0.1, -0.05) is 0 Å². The first-order valence-electron chi connectivity index (χ1n) is 8.32. The monoisotopic (exact) mass is 340 g/mol. The zero-order valence-corrected chi connectivity index (χ0v) is 13.6. The molecule has 2 fully saturated rings. The van der Waals surface area contributed by atoms with Crippen molar-refractivity contribution < 1.29 is 4.39 Å². The second-order valence-electron chi connectivity index (χ2n) is 6.32. The molecule has 0 unspecified atom stereocenters. The molecule has 2 aromatic rings. The second-order valence-corrected chi connectivity index (χ2v) is 6.32. The lowest BCUT2D eigenvalue weighted by atomic mass is 10.2. The Labute approximate surface area is 143 Å². The van der Waals surface area contributed by atoms with Gasteiger partial charge in [0.2, 0.25) is 11.8 Å². The number of nitrogens with one attached hydrogen (secondary N) is 1. The standard InChI is InChI=1S/C17H17FN6O/c18-13-14(11-3-4-11)21-17(22-16(13)25)24-8-6-23(7-9-24)15-12(10-19)2-1-5-20-15/h1-2,5,11H,3-4,6-9H2,(H,21,22,25). The third kappa shape index (κ3) is 2.93. The third-order valence-corrected chi connectivity index (χ3v) is 4.63. The van der Waals surface area contributed by atoms with Crippen LogP contribution in [0.15, 0.2) is 23.1 Å². The smallest absolute Gasteiger partial charge is 0.288 e. The Morgan fingerprint density at radius 3 is 2.64 bits per heavy atom. The summed E-state index contributed by atoms with van der Waals surface area (Å²) in [6.07, 6.45) is 3.44. The van der Waals surface area contributed by atoms with Gasteiger partial charge >= 0.3 is 0 Å². The van der Waals surface area contributed by atoms with Crippen molar-refractivity contribution in [2.75, 3.05) is 36.0 Å². The van der Waals surface area contributed by atoms with Crippen LogP contribution in [-0.2, 0) is 0 Å². The van der Waals surface area contributed by atoms with E-state index < -0.39 is 11.4 Å². The number of hydrogen-bond donors (Lipinski definition) is 1. The summed E-state index contributed by atoms with van der Waals surface area (Å²) in [5.74, 6) is 0.421. The van der Waals surface area contributed by atoms with Crippen LogP contribution in [0.5, 0.6) is 0 Å². The number of anilines is 2. The maximum absolute atomic E-state index is 13.9. The molecule has 0 amide bonds. The minimum Gasteiger partial charge on any atom is -0.352 e. The van der Waals surface area contributed by atoms with Gasteiger partial charge in [0.05, 0.1) is 11.3 Å². The molecule has 0 atom stereocenters. The lowest BCUT2D eigenvalue weighted by molar-refractivity contribution is 0.570. The van der Waals surface area contributed by atoms with E-state index >= 15 is 0 Å². The number of rotatable bonds is 3. The van der Waals surface area contributed by atoms with E-state index in [9.17, 15) is 14.4 Å². The first kappa shape index (κ1) is 15.6. The predicted octanol–water partition coefficient (Wildman–Crippen LogP) is 1.38. The Kier molecular flexibility index (Phi) is 3.84. The maximum Gasteiger partial charge on any atom is 0.288 e. The van der Waals surface area contributed by atoms with Gasteiger partial charge in [-0.25, -0.2) is 9.97 Å². The Hall–Kier alpha value is -2.95. The molecule has 4 rings (SSSR count). The van der Waals surface area contributed by atoms with Crippen LogP contribution in [-0.4, -0.2) is 41.1 Å². The molecule has 0 spiro atoms. The molecule has 1 saturated heterocycles. The summed E-state index contributed by atoms with van der Waals surface area (Å²) >= 11 is 0. The van der Waals surface area contributed by atoms with Crippen LogP contribution in [0.1, 0.15) is 30.0 Å². The zero-order chi connectivity index (χ0) is 17.4. The van der Waals surface area contributed by atoms with Crippen molar-refractivity contribution in [2.45, 2.75) is 18.8 Å². The van der Waals surface area contributed by atoms with Crippen molar-refractivity contribution >= 4 is 11.8 Å². The van der Waals surface area contributed by atoms with Crippen molar-refractivity contribution in [3.8, 4) is 6.07 Å². The number of halogens is 1. The minimum absolute atomic E-state index is 0.0778. The summed E-state index contributed by atoms with van der Waals surface area (Å²) in [5, 5.41) is 9.21. The molecule has 2 aliphatic rings. The Morgan fingerprint density at radius 1 is 1.24 bits per heavy atom. The molecule has 25 heavy (non-hydrogen) atoms. The first-order chi connectivity index (χ1) is 12.2. The number of aromatic amines is 1. The molecule has 0 aromatic carbocycles. The van der Waals surface area contributed by atoms with Crippen LogP contribution in [0, 0.1) is 17.1 Å². The van der Waals surface area contributed by atoms with Gasteiger partial charge in [-0.2, -0.15) is 9.65 Å². The van der Waals surface area contributed by atoms with E-state index in [1.165, 1.54) is 0 Å². The molecule has 8 heteroatoms. The normalized spacial score (nSPS) is 17.4. The molecule has 1 saturated carbocycles. The number of piperazine rings is 1. The Bertz CT molecular complexity index is 893. The number of aromatic nitrogens is 3. The summed E-state index contributed by atoms with van der Waals surface area (Å²) in [6, 6.07) is 5.64. The fraction of sp³-hybridized carbons (Fsp3) is 0.412. The molecule has 1 aliphatic carbocycles. The van der Waals surface area contributed by atoms with E-state index in [1.807, 2.05) is 9.80 Å². The van der Waals surface area contributed by atoms with Crippen LogP contribution in [0.3, 0.4) is 0 Å². The summed E-state index contributed by atoms with van der Waals surface area (Å²) < 4.78 is 13.9. The molecule has 1 aliphatic heterocycles. The van der Waals surface area contributed by atoms with Crippen molar-refractivity contribution in [1.29, 1.82) is 5.26 Å². The van der Waals surface area contributed by atoms with E-state index in [1.54, 1.807) is 18.3 Å². The predicted molar refractivity (Wildman–Crippen MR) is 90.2 cm³/mol. The van der Waals surface area contributed by atoms with E-state index in [-0.39, 0.29) is 11.6 Å². The molecule has 2 aromatic heterocycles. The van der Waals surface area contributed by atoms with Crippen molar-refractivity contribution in [1.82, 2.24) is 15.0 Å². The molecule has 7 nitrogen and oxygen atoms in total. The number of pyridine rings is 1. The number of nitriles is 1. The fourth-order valence-electron chi connectivity index (χ4n) is 3.11. The Balaban J connectivity index is 1.53. The van der Waals surface area contributed by atoms with Gasteiger partial charge in [-0.05, 0) is 25.0 Å². The van der Waals surface area contributed by atoms with Crippen LogP contribution in [0.4, 0.5) is 16.2 Å². The second kappa shape index (κ2) is 6.16. The highest BCUT2D eigenvalue weighted by Gasteiger charge is 2.31. The van der Waals surface area contributed by atoms with Crippen molar-refractivity contribution in [2.24, 2.45) is 0 Å². The number of nitrogens with zero attached hydrogens (tertiary/aromatic N) is 5. The summed E-state index contributed by atoms with van der Waals surface area (Å²) in [7, 11) is 0. The van der Waals surface area contributed by atoms with E-state index in [0.717, 1.165) is 12.8 Å². The lowest BCUT2D eigenvalue weighted by Gasteiger charge is -2.36. The molecule has 1 N–H and O–H groups in total. The van der Waals surface area contributed by atoms with Gasteiger partial charge in [0.15, 0.2) is 0 Å². The molecule has 0 bridgehead atoms. The van der Waals surface area contributed by atoms with Crippen molar-refractivity contribution in [3.63, 3.8) is 0 Å². The summed E-state index contributed by atoms with van der Waals surface area (Å²) in [5.41, 5.74) is 0.128. The summed E-state index contributed by atoms with van der Waals surface area (Å²) in [4.78, 5) is 27.0. The number of H-pyrrole nitrogens is 1. The lowest BCUT2D eigenvalue weighted by Crippen LogP contribution is -2.48. The Morgan fingerprint density at radius 2 is 1.96 bits per heavy atom. The molecule has 0 radical (unpaired) electrons. The zero-order valence-electron chi connectivity index (χ0n) is 13.6. The quantitative estimate of drug-likeness (QED) is 0.908. The average molecular weight is 340 g/mol. The van der Waals surface area contributed by atoms with Crippen LogP contribution < -0.4 is 15.4 Å². The van der Waals surface area contributed by atoms with Gasteiger partial charge in [-0.3, -0.25) is 9.78 Å². The largest absolute Gasteiger partial charge is 0.352 e. The minimum atomic E-state index is -0.753. The highest BCUT2D eigenvalue weighted by atomic mass is 19.1. The van der Waals surface area contributed by atoms with Crippen LogP contribution in [0.2, 0.25) is 0 Å². The van der Waals surface area contributed by atoms with Gasteiger partial charge in [0.25, 0.3) is 5.56 Å². The van der Waals surface area contributed by atoms with Gasteiger partial charge in [-0.15, -0.1) is 0 Å². The first-order valence-corrected chi connectivity index (χ1v) is 8.32. The van der Waals surface area contributed by atoms with Gasteiger partial charge in [0, 0.05) is 38.3 Å².